The van der Waals surface area contributed by atoms with Crippen LogP contribution in [-0.2, 0) is 9.13 Å². The zero-order chi connectivity index (χ0) is 19.8. The highest BCUT2D eigenvalue weighted by Crippen LogP contribution is 2.26. The molecule has 0 bridgehead atoms. The monoisotopic (exact) mass is 648 g/mol. The van der Waals surface area contributed by atoms with Gasteiger partial charge in [0, 0.05) is 21.3 Å². The minimum atomic E-state index is -4.64. The van der Waals surface area contributed by atoms with Crippen LogP contribution in [0.15, 0.2) is 11.1 Å². The molecule has 0 unspecified atom stereocenters. The summed E-state index contributed by atoms with van der Waals surface area (Å²) in [6.45, 7) is 0. The predicted molar refractivity (Wildman–Crippen MR) is 109 cm³/mol. The standard InChI is InChI=1S/C10H16Br4.2H3O4P/c11-5-1-9(2-6-12)10(3-7-13)4-8-14;2*1-5(2,3)4/h1-8H2;2*(H3,1,2,3,4). The molecule has 0 aliphatic rings. The van der Waals surface area contributed by atoms with Crippen molar-refractivity contribution in [3.8, 4) is 0 Å². The van der Waals surface area contributed by atoms with E-state index >= 15 is 0 Å². The van der Waals surface area contributed by atoms with Crippen molar-refractivity contribution >= 4 is 79.4 Å². The molecular formula is C10H22Br4O8P2. The van der Waals surface area contributed by atoms with Gasteiger partial charge in [0.05, 0.1) is 0 Å². The zero-order valence-corrected chi connectivity index (χ0v) is 20.7. The average Bonchev–Trinajstić information content (AvgIpc) is 2.34. The van der Waals surface area contributed by atoms with Gasteiger partial charge in [0.25, 0.3) is 0 Å². The van der Waals surface area contributed by atoms with Crippen molar-refractivity contribution in [3.05, 3.63) is 11.1 Å². The highest BCUT2D eigenvalue weighted by Gasteiger charge is 2.05. The predicted octanol–water partition coefficient (Wildman–Crippen LogP) is 3.57. The first-order chi connectivity index (χ1) is 10.8. The Morgan fingerprint density at radius 1 is 0.542 bits per heavy atom. The summed E-state index contributed by atoms with van der Waals surface area (Å²) in [6.07, 6.45) is 4.73. The largest absolute Gasteiger partial charge is 0.466 e. The molecule has 0 aliphatic heterocycles. The lowest BCUT2D eigenvalue weighted by atomic mass is 9.99. The number of phosphoric acid groups is 2. The van der Waals surface area contributed by atoms with Crippen LogP contribution >= 0.6 is 79.4 Å². The van der Waals surface area contributed by atoms with Crippen molar-refractivity contribution in [3.63, 3.8) is 0 Å². The third-order valence-corrected chi connectivity index (χ3v) is 3.67. The van der Waals surface area contributed by atoms with Crippen molar-refractivity contribution in [2.24, 2.45) is 0 Å². The third-order valence-electron chi connectivity index (χ3n) is 2.09. The van der Waals surface area contributed by atoms with Crippen LogP contribution in [0.3, 0.4) is 0 Å². The van der Waals surface area contributed by atoms with E-state index in [4.69, 9.17) is 38.5 Å². The van der Waals surface area contributed by atoms with E-state index in [0.717, 1.165) is 21.3 Å². The molecule has 0 aromatic heterocycles. The van der Waals surface area contributed by atoms with E-state index in [1.807, 2.05) is 0 Å². The van der Waals surface area contributed by atoms with Gasteiger partial charge in [0.15, 0.2) is 0 Å². The van der Waals surface area contributed by atoms with E-state index in [0.29, 0.717) is 0 Å². The first-order valence-electron chi connectivity index (χ1n) is 6.30. The molecule has 0 aromatic rings. The average molecular weight is 652 g/mol. The van der Waals surface area contributed by atoms with E-state index < -0.39 is 15.6 Å². The Bertz CT molecular complexity index is 353. The fourth-order valence-electron chi connectivity index (χ4n) is 1.41. The molecule has 0 saturated heterocycles. The van der Waals surface area contributed by atoms with Crippen LogP contribution in [-0.4, -0.2) is 50.7 Å². The highest BCUT2D eigenvalue weighted by atomic mass is 79.9. The topological polar surface area (TPSA) is 156 Å². The SMILES string of the molecule is BrCCC(CCBr)=C(CCBr)CCBr.O=P(O)(O)O.O=P(O)(O)O. The van der Waals surface area contributed by atoms with Gasteiger partial charge in [-0.1, -0.05) is 74.9 Å². The summed E-state index contributed by atoms with van der Waals surface area (Å²) >= 11 is 14.1. The fourth-order valence-corrected chi connectivity index (χ4v) is 3.33. The van der Waals surface area contributed by atoms with E-state index in [1.165, 1.54) is 25.7 Å². The van der Waals surface area contributed by atoms with Crippen molar-refractivity contribution in [1.82, 2.24) is 0 Å². The van der Waals surface area contributed by atoms with Gasteiger partial charge in [0.1, 0.15) is 0 Å². The van der Waals surface area contributed by atoms with Crippen LogP contribution in [0.1, 0.15) is 25.7 Å². The molecule has 148 valence electrons. The summed E-state index contributed by atoms with van der Waals surface area (Å²) in [5, 5.41) is 4.29. The number of allylic oxidation sites excluding steroid dienone is 2. The van der Waals surface area contributed by atoms with Crippen LogP contribution in [0, 0.1) is 0 Å². The van der Waals surface area contributed by atoms with Gasteiger partial charge < -0.3 is 29.4 Å². The second-order valence-corrected chi connectivity index (χ2v) is 9.21. The van der Waals surface area contributed by atoms with Crippen molar-refractivity contribution < 1.29 is 38.5 Å². The normalized spacial score (nSPS) is 10.9. The van der Waals surface area contributed by atoms with Gasteiger partial charge in [-0.2, -0.15) is 0 Å². The molecule has 0 spiro atoms. The number of halogens is 4. The van der Waals surface area contributed by atoms with Crippen LogP contribution in [0.4, 0.5) is 0 Å². The molecule has 0 fully saturated rings. The van der Waals surface area contributed by atoms with Gasteiger partial charge >= 0.3 is 15.6 Å². The molecule has 0 aliphatic carbocycles. The summed E-state index contributed by atoms with van der Waals surface area (Å²) < 4.78 is 17.8. The second kappa shape index (κ2) is 18.3. The van der Waals surface area contributed by atoms with Crippen LogP contribution in [0.2, 0.25) is 0 Å². The summed E-state index contributed by atoms with van der Waals surface area (Å²) in [6, 6.07) is 0. The van der Waals surface area contributed by atoms with Crippen LogP contribution in [0.5, 0.6) is 0 Å². The smallest absolute Gasteiger partial charge is 0.303 e. The molecule has 6 N–H and O–H groups in total. The van der Waals surface area contributed by atoms with E-state index in [2.05, 4.69) is 63.7 Å². The molecule has 0 radical (unpaired) electrons. The molecule has 24 heavy (non-hydrogen) atoms. The van der Waals surface area contributed by atoms with Crippen molar-refractivity contribution in [1.29, 1.82) is 0 Å². The Kier molecular flexibility index (Phi) is 23.3. The molecular weight excluding hydrogens is 630 g/mol. The molecule has 0 heterocycles. The van der Waals surface area contributed by atoms with E-state index in [9.17, 15) is 0 Å². The number of alkyl halides is 4. The third kappa shape index (κ3) is 39.1. The molecule has 0 rings (SSSR count). The maximum atomic E-state index is 8.88. The van der Waals surface area contributed by atoms with Gasteiger partial charge in [-0.25, -0.2) is 9.13 Å². The minimum Gasteiger partial charge on any atom is -0.303 e. The van der Waals surface area contributed by atoms with Gasteiger partial charge in [-0.3, -0.25) is 0 Å². The van der Waals surface area contributed by atoms with Gasteiger partial charge in [-0.05, 0) is 25.7 Å². The maximum absolute atomic E-state index is 8.88. The number of hydrogen-bond donors (Lipinski definition) is 6. The number of rotatable bonds is 8. The maximum Gasteiger partial charge on any atom is 0.466 e. The number of hydrogen-bond acceptors (Lipinski definition) is 2. The van der Waals surface area contributed by atoms with E-state index in [1.54, 1.807) is 11.1 Å². The lowest BCUT2D eigenvalue weighted by Gasteiger charge is -2.12. The molecule has 0 saturated carbocycles. The Morgan fingerprint density at radius 3 is 0.750 bits per heavy atom. The summed E-state index contributed by atoms with van der Waals surface area (Å²) in [7, 11) is -9.28. The summed E-state index contributed by atoms with van der Waals surface area (Å²) in [5.74, 6) is 0. The first kappa shape index (κ1) is 30.6. The van der Waals surface area contributed by atoms with Crippen molar-refractivity contribution in [2.45, 2.75) is 25.7 Å². The lowest BCUT2D eigenvalue weighted by molar-refractivity contribution is 0.272. The Labute approximate surface area is 175 Å². The van der Waals surface area contributed by atoms with Crippen molar-refractivity contribution in [2.75, 3.05) is 21.3 Å². The summed E-state index contributed by atoms with van der Waals surface area (Å²) in [5.41, 5.74) is 3.25. The summed E-state index contributed by atoms with van der Waals surface area (Å²) in [4.78, 5) is 43.1. The van der Waals surface area contributed by atoms with Crippen LogP contribution in [0.25, 0.3) is 0 Å². The second-order valence-electron chi connectivity index (χ2n) is 3.99. The molecule has 14 heteroatoms. The molecule has 0 atom stereocenters. The van der Waals surface area contributed by atoms with E-state index in [-0.39, 0.29) is 0 Å². The van der Waals surface area contributed by atoms with Gasteiger partial charge in [0.2, 0.25) is 0 Å². The molecule has 8 nitrogen and oxygen atoms in total. The zero-order valence-electron chi connectivity index (χ0n) is 12.6. The lowest BCUT2D eigenvalue weighted by Crippen LogP contribution is -1.97. The Hall–Kier alpha value is 1.88. The molecule has 0 aromatic carbocycles. The minimum absolute atomic E-state index is 1.07. The Balaban J connectivity index is -0.000000361. The highest BCUT2D eigenvalue weighted by molar-refractivity contribution is 9.09. The van der Waals surface area contributed by atoms with Crippen LogP contribution < -0.4 is 0 Å². The Morgan fingerprint density at radius 2 is 0.667 bits per heavy atom. The quantitative estimate of drug-likeness (QED) is 0.132. The van der Waals surface area contributed by atoms with Gasteiger partial charge in [-0.15, -0.1) is 0 Å². The molecule has 0 amide bonds. The fraction of sp³-hybridized carbons (Fsp3) is 0.800. The first-order valence-corrected chi connectivity index (χ1v) is 13.9.